The average molecular weight is 279 g/mol. The number of nitrogens with one attached hydrogen (secondary N) is 3. The van der Waals surface area contributed by atoms with E-state index in [1.54, 1.807) is 19.4 Å². The lowest BCUT2D eigenvalue weighted by Gasteiger charge is -2.07. The van der Waals surface area contributed by atoms with Crippen LogP contribution in [0.3, 0.4) is 0 Å². The lowest BCUT2D eigenvalue weighted by Crippen LogP contribution is -2.23. The summed E-state index contributed by atoms with van der Waals surface area (Å²) in [6.45, 7) is 2.22. The minimum absolute atomic E-state index is 0.00334. The smallest absolute Gasteiger partial charge is 0.241 e. The number of rotatable bonds is 6. The van der Waals surface area contributed by atoms with Crippen LogP contribution in [-0.2, 0) is 16.1 Å². The van der Waals surface area contributed by atoms with Gasteiger partial charge in [-0.15, -0.1) is 0 Å². The zero-order chi connectivity index (χ0) is 14.4. The number of anilines is 1. The third-order valence-corrected chi connectivity index (χ3v) is 3.44. The second kappa shape index (κ2) is 7.04. The average Bonchev–Trinajstić information content (AvgIpc) is 3.08. The van der Waals surface area contributed by atoms with Crippen LogP contribution in [0, 0.1) is 5.92 Å². The number of aromatic nitrogens is 2. The standard InChI is InChI=1S/C13H21N5O2/c1-14-13(20)9-18-8-11(7-16-18)17-12(19)3-2-10-4-5-15-6-10/h7-8,10,15H,2-6,9H2,1H3,(H,14,20)(H,17,19). The van der Waals surface area contributed by atoms with Crippen LogP contribution < -0.4 is 16.0 Å². The van der Waals surface area contributed by atoms with Gasteiger partial charge in [-0.05, 0) is 31.8 Å². The van der Waals surface area contributed by atoms with Crippen molar-refractivity contribution in [2.45, 2.75) is 25.8 Å². The first-order valence-corrected chi connectivity index (χ1v) is 6.91. The quantitative estimate of drug-likeness (QED) is 0.681. The van der Waals surface area contributed by atoms with Crippen LogP contribution in [-0.4, -0.2) is 41.7 Å². The van der Waals surface area contributed by atoms with E-state index in [0.717, 1.165) is 25.9 Å². The molecule has 1 fully saturated rings. The molecule has 1 atom stereocenters. The molecule has 1 aliphatic rings. The molecular weight excluding hydrogens is 258 g/mol. The summed E-state index contributed by atoms with van der Waals surface area (Å²) in [5, 5.41) is 12.6. The zero-order valence-corrected chi connectivity index (χ0v) is 11.7. The van der Waals surface area contributed by atoms with Gasteiger partial charge < -0.3 is 16.0 Å². The summed E-state index contributed by atoms with van der Waals surface area (Å²) in [5.41, 5.74) is 0.628. The van der Waals surface area contributed by atoms with E-state index in [9.17, 15) is 9.59 Å². The molecule has 7 heteroatoms. The van der Waals surface area contributed by atoms with Crippen molar-refractivity contribution in [3.8, 4) is 0 Å². The van der Waals surface area contributed by atoms with Crippen LogP contribution in [0.1, 0.15) is 19.3 Å². The SMILES string of the molecule is CNC(=O)Cn1cc(NC(=O)CCC2CCNC2)cn1. The van der Waals surface area contributed by atoms with Crippen molar-refractivity contribution >= 4 is 17.5 Å². The predicted molar refractivity (Wildman–Crippen MR) is 75.1 cm³/mol. The molecule has 1 saturated heterocycles. The molecule has 1 aromatic heterocycles. The van der Waals surface area contributed by atoms with E-state index in [1.807, 2.05) is 0 Å². The first-order valence-electron chi connectivity index (χ1n) is 6.91. The minimum atomic E-state index is -0.125. The van der Waals surface area contributed by atoms with Crippen molar-refractivity contribution in [2.24, 2.45) is 5.92 Å². The van der Waals surface area contributed by atoms with E-state index >= 15 is 0 Å². The van der Waals surface area contributed by atoms with E-state index in [1.165, 1.54) is 4.68 Å². The summed E-state index contributed by atoms with van der Waals surface area (Å²) < 4.78 is 1.50. The largest absolute Gasteiger partial charge is 0.358 e. The van der Waals surface area contributed by atoms with Crippen LogP contribution in [0.2, 0.25) is 0 Å². The molecule has 1 aromatic rings. The molecule has 1 aliphatic heterocycles. The minimum Gasteiger partial charge on any atom is -0.358 e. The van der Waals surface area contributed by atoms with E-state index in [0.29, 0.717) is 18.0 Å². The first kappa shape index (κ1) is 14.5. The third kappa shape index (κ3) is 4.34. The van der Waals surface area contributed by atoms with Crippen molar-refractivity contribution in [1.82, 2.24) is 20.4 Å². The Morgan fingerprint density at radius 2 is 2.35 bits per heavy atom. The second-order valence-corrected chi connectivity index (χ2v) is 5.05. The molecule has 0 aromatic carbocycles. The molecule has 2 rings (SSSR count). The normalized spacial score (nSPS) is 17.9. The van der Waals surface area contributed by atoms with Gasteiger partial charge in [0.2, 0.25) is 11.8 Å². The van der Waals surface area contributed by atoms with Gasteiger partial charge in [0.15, 0.2) is 0 Å². The fourth-order valence-corrected chi connectivity index (χ4v) is 2.26. The molecule has 0 aliphatic carbocycles. The van der Waals surface area contributed by atoms with Gasteiger partial charge >= 0.3 is 0 Å². The summed E-state index contributed by atoms with van der Waals surface area (Å²) in [4.78, 5) is 23.0. The van der Waals surface area contributed by atoms with Gasteiger partial charge in [0.1, 0.15) is 6.54 Å². The number of carbonyl (C=O) groups is 2. The van der Waals surface area contributed by atoms with Crippen molar-refractivity contribution in [3.05, 3.63) is 12.4 Å². The molecule has 3 N–H and O–H groups in total. The summed E-state index contributed by atoms with van der Waals surface area (Å²) in [5.74, 6) is 0.479. The Balaban J connectivity index is 1.74. The number of hydrogen-bond acceptors (Lipinski definition) is 4. The second-order valence-electron chi connectivity index (χ2n) is 5.05. The Kier molecular flexibility index (Phi) is 5.11. The highest BCUT2D eigenvalue weighted by Crippen LogP contribution is 2.15. The predicted octanol–water partition coefficient (Wildman–Crippen LogP) is -0.0427. The Morgan fingerprint density at radius 1 is 1.50 bits per heavy atom. The maximum absolute atomic E-state index is 11.8. The Bertz CT molecular complexity index is 465. The van der Waals surface area contributed by atoms with E-state index in [4.69, 9.17) is 0 Å². The molecule has 7 nitrogen and oxygen atoms in total. The van der Waals surface area contributed by atoms with Crippen molar-refractivity contribution in [2.75, 3.05) is 25.5 Å². The monoisotopic (exact) mass is 279 g/mol. The van der Waals surface area contributed by atoms with Gasteiger partial charge in [0.05, 0.1) is 11.9 Å². The summed E-state index contributed by atoms with van der Waals surface area (Å²) >= 11 is 0. The molecule has 2 amide bonds. The van der Waals surface area contributed by atoms with E-state index in [-0.39, 0.29) is 18.4 Å². The van der Waals surface area contributed by atoms with Crippen LogP contribution in [0.5, 0.6) is 0 Å². The highest BCUT2D eigenvalue weighted by Gasteiger charge is 2.16. The van der Waals surface area contributed by atoms with Crippen LogP contribution in [0.4, 0.5) is 5.69 Å². The third-order valence-electron chi connectivity index (χ3n) is 3.44. The van der Waals surface area contributed by atoms with Crippen molar-refractivity contribution in [1.29, 1.82) is 0 Å². The van der Waals surface area contributed by atoms with Gasteiger partial charge in [-0.2, -0.15) is 5.10 Å². The van der Waals surface area contributed by atoms with Gasteiger partial charge in [-0.1, -0.05) is 0 Å². The van der Waals surface area contributed by atoms with Crippen LogP contribution in [0.25, 0.3) is 0 Å². The Labute approximate surface area is 118 Å². The lowest BCUT2D eigenvalue weighted by molar-refractivity contribution is -0.121. The summed E-state index contributed by atoms with van der Waals surface area (Å²) in [6, 6.07) is 0. The van der Waals surface area contributed by atoms with E-state index < -0.39 is 0 Å². The number of likely N-dealkylation sites (N-methyl/N-ethyl adjacent to an activating group) is 1. The van der Waals surface area contributed by atoms with Gasteiger partial charge in [-0.25, -0.2) is 0 Å². The molecule has 0 bridgehead atoms. The molecule has 20 heavy (non-hydrogen) atoms. The highest BCUT2D eigenvalue weighted by atomic mass is 16.2. The van der Waals surface area contributed by atoms with Gasteiger partial charge in [-0.3, -0.25) is 14.3 Å². The van der Waals surface area contributed by atoms with Crippen LogP contribution >= 0.6 is 0 Å². The van der Waals surface area contributed by atoms with Crippen molar-refractivity contribution < 1.29 is 9.59 Å². The molecule has 110 valence electrons. The van der Waals surface area contributed by atoms with E-state index in [2.05, 4.69) is 21.0 Å². The topological polar surface area (TPSA) is 88.0 Å². The molecular formula is C13H21N5O2. The molecule has 0 saturated carbocycles. The molecule has 0 spiro atoms. The van der Waals surface area contributed by atoms with Crippen molar-refractivity contribution in [3.63, 3.8) is 0 Å². The van der Waals surface area contributed by atoms with Gasteiger partial charge in [0.25, 0.3) is 0 Å². The number of amides is 2. The van der Waals surface area contributed by atoms with Crippen LogP contribution in [0.15, 0.2) is 12.4 Å². The van der Waals surface area contributed by atoms with Gasteiger partial charge in [0, 0.05) is 19.7 Å². The first-order chi connectivity index (χ1) is 9.67. The fourth-order valence-electron chi connectivity index (χ4n) is 2.26. The fraction of sp³-hybridized carbons (Fsp3) is 0.615. The molecule has 0 radical (unpaired) electrons. The number of hydrogen-bond donors (Lipinski definition) is 3. The summed E-state index contributed by atoms with van der Waals surface area (Å²) in [6.07, 6.45) is 5.79. The Morgan fingerprint density at radius 3 is 3.05 bits per heavy atom. The lowest BCUT2D eigenvalue weighted by atomic mass is 10.0. The zero-order valence-electron chi connectivity index (χ0n) is 11.7. The Hall–Kier alpha value is -1.89. The molecule has 1 unspecified atom stereocenters. The maximum Gasteiger partial charge on any atom is 0.241 e. The highest BCUT2D eigenvalue weighted by molar-refractivity contribution is 5.90. The number of nitrogens with zero attached hydrogens (tertiary/aromatic N) is 2. The summed E-state index contributed by atoms with van der Waals surface area (Å²) in [7, 11) is 1.58. The maximum atomic E-state index is 11.8. The number of carbonyl (C=O) groups excluding carboxylic acids is 2. The molecule has 2 heterocycles.